The van der Waals surface area contributed by atoms with Crippen LogP contribution in [0.25, 0.3) is 0 Å². The van der Waals surface area contributed by atoms with Gasteiger partial charge in [-0.05, 0) is 51.4 Å². The number of aliphatic hydroxyl groups excluding tert-OH is 2. The van der Waals surface area contributed by atoms with E-state index in [2.05, 4.69) is 31.3 Å². The van der Waals surface area contributed by atoms with Gasteiger partial charge in [0.1, 0.15) is 0 Å². The lowest BCUT2D eigenvalue weighted by Crippen LogP contribution is -2.45. The lowest BCUT2D eigenvalue weighted by molar-refractivity contribution is -0.143. The third-order valence-electron chi connectivity index (χ3n) is 21.3. The van der Waals surface area contributed by atoms with Crippen molar-refractivity contribution < 1.29 is 24.5 Å². The zero-order valence-electron chi connectivity index (χ0n) is 65.2. The number of carbonyl (C=O) groups is 2. The van der Waals surface area contributed by atoms with Crippen LogP contribution in [0.5, 0.6) is 0 Å². The Morgan fingerprint density at radius 3 is 0.747 bits per heavy atom. The molecule has 0 aliphatic rings. The largest absolute Gasteiger partial charge is 0.466 e. The van der Waals surface area contributed by atoms with Crippen molar-refractivity contribution in [2.45, 2.75) is 533 Å². The van der Waals surface area contributed by atoms with E-state index >= 15 is 0 Å². The van der Waals surface area contributed by atoms with E-state index in [1.54, 1.807) is 0 Å². The standard InChI is InChI=1S/C89H175NO5/c1-3-5-7-9-11-13-15-17-19-21-22-23-41-44-47-50-53-57-61-65-69-73-77-81-87(92)86(85-91)90-88(93)82-78-74-70-66-62-58-54-51-48-45-42-39-37-35-33-31-29-27-25-24-26-28-30-32-34-36-38-40-43-46-49-52-56-60-64-68-72-76-80-84-95-89(94)83-79-75-71-67-63-59-55-20-18-16-14-12-10-8-6-4-2/h24-25,86-87,91-92H,3-23,26-85H2,1-2H3,(H,90,93)/b25-24-. The summed E-state index contributed by atoms with van der Waals surface area (Å²) in [5.74, 6) is 0.00341. The van der Waals surface area contributed by atoms with Crippen molar-refractivity contribution >= 4 is 11.9 Å². The maximum absolute atomic E-state index is 12.6. The molecule has 2 atom stereocenters. The second-order valence-corrected chi connectivity index (χ2v) is 30.9. The monoisotopic (exact) mass is 1340 g/mol. The van der Waals surface area contributed by atoms with Gasteiger partial charge in [0.25, 0.3) is 0 Å². The number of nitrogens with one attached hydrogen (secondary N) is 1. The van der Waals surface area contributed by atoms with E-state index in [0.717, 1.165) is 38.5 Å². The molecule has 0 heterocycles. The molecule has 6 nitrogen and oxygen atoms in total. The molecule has 0 aromatic carbocycles. The van der Waals surface area contributed by atoms with Crippen LogP contribution in [0, 0.1) is 0 Å². The van der Waals surface area contributed by atoms with Crippen LogP contribution in [0.1, 0.15) is 521 Å². The Kier molecular flexibility index (Phi) is 83.8. The van der Waals surface area contributed by atoms with Crippen LogP contribution < -0.4 is 5.32 Å². The van der Waals surface area contributed by atoms with Crippen molar-refractivity contribution in [2.75, 3.05) is 13.2 Å². The Labute approximate surface area is 597 Å². The van der Waals surface area contributed by atoms with E-state index in [0.29, 0.717) is 25.9 Å². The van der Waals surface area contributed by atoms with Gasteiger partial charge in [-0.1, -0.05) is 469 Å². The molecule has 0 rings (SSSR count). The summed E-state index contributed by atoms with van der Waals surface area (Å²) in [6.07, 6.45) is 109. The van der Waals surface area contributed by atoms with E-state index in [9.17, 15) is 19.8 Å². The predicted octanol–water partition coefficient (Wildman–Crippen LogP) is 29.8. The first kappa shape index (κ1) is 93.6. The van der Waals surface area contributed by atoms with Crippen molar-refractivity contribution in [1.82, 2.24) is 5.32 Å². The summed E-state index contributed by atoms with van der Waals surface area (Å²) in [6.45, 7) is 5.03. The fourth-order valence-corrected chi connectivity index (χ4v) is 14.6. The minimum Gasteiger partial charge on any atom is -0.466 e. The number of amides is 1. The molecule has 566 valence electrons. The second kappa shape index (κ2) is 85.0. The highest BCUT2D eigenvalue weighted by Gasteiger charge is 2.20. The van der Waals surface area contributed by atoms with Crippen LogP contribution >= 0.6 is 0 Å². The quantitative estimate of drug-likeness (QED) is 0.0320. The molecule has 0 aliphatic carbocycles. The van der Waals surface area contributed by atoms with E-state index < -0.39 is 12.1 Å². The van der Waals surface area contributed by atoms with Crippen LogP contribution in [0.4, 0.5) is 0 Å². The summed E-state index contributed by atoms with van der Waals surface area (Å²) in [5.41, 5.74) is 0. The van der Waals surface area contributed by atoms with E-state index in [1.807, 2.05) is 0 Å². The first-order valence-electron chi connectivity index (χ1n) is 44.4. The van der Waals surface area contributed by atoms with Crippen molar-refractivity contribution in [3.8, 4) is 0 Å². The summed E-state index contributed by atoms with van der Waals surface area (Å²) in [5, 5.41) is 23.5. The SMILES string of the molecule is CCCCCCCCCCCCCCCCCCCCCCCCCC(O)C(CO)NC(=O)CCCCCCCCCCCCCCCCCCC/C=C\CCCCCCCCCCCCCCCCCCCCOC(=O)CCCCCCCCCCCCCCCCCC. The number of unbranched alkanes of at least 4 members (excludes halogenated alkanes) is 72. The molecule has 0 saturated carbocycles. The number of esters is 1. The van der Waals surface area contributed by atoms with Gasteiger partial charge in [0.15, 0.2) is 0 Å². The first-order valence-corrected chi connectivity index (χ1v) is 44.4. The zero-order valence-corrected chi connectivity index (χ0v) is 65.2. The van der Waals surface area contributed by atoms with E-state index in [4.69, 9.17) is 4.74 Å². The van der Waals surface area contributed by atoms with Gasteiger partial charge in [0.05, 0.1) is 25.4 Å². The normalized spacial score (nSPS) is 12.4. The molecular formula is C89H175NO5. The molecule has 0 bridgehead atoms. The number of rotatable bonds is 85. The number of hydrogen-bond donors (Lipinski definition) is 3. The van der Waals surface area contributed by atoms with Crippen LogP contribution in [0.2, 0.25) is 0 Å². The number of ether oxygens (including phenoxy) is 1. The molecule has 95 heavy (non-hydrogen) atoms. The number of carbonyl (C=O) groups excluding carboxylic acids is 2. The Morgan fingerprint density at radius 2 is 0.495 bits per heavy atom. The summed E-state index contributed by atoms with van der Waals surface area (Å²) >= 11 is 0. The van der Waals surface area contributed by atoms with Crippen LogP contribution in [-0.4, -0.2) is 47.4 Å². The maximum atomic E-state index is 12.6. The highest BCUT2D eigenvalue weighted by Crippen LogP contribution is 2.21. The van der Waals surface area contributed by atoms with Crippen molar-refractivity contribution in [3.05, 3.63) is 12.2 Å². The van der Waals surface area contributed by atoms with Crippen molar-refractivity contribution in [2.24, 2.45) is 0 Å². The average Bonchev–Trinajstić information content (AvgIpc) is 2.65. The molecule has 0 radical (unpaired) electrons. The van der Waals surface area contributed by atoms with Gasteiger partial charge >= 0.3 is 5.97 Å². The van der Waals surface area contributed by atoms with Crippen LogP contribution in [-0.2, 0) is 14.3 Å². The summed E-state index contributed by atoms with van der Waals surface area (Å²) in [4.78, 5) is 24.7. The Bertz CT molecular complexity index is 1450. The van der Waals surface area contributed by atoms with Gasteiger partial charge in [-0.3, -0.25) is 9.59 Å². The Balaban J connectivity index is 3.32. The molecule has 0 aromatic rings. The smallest absolute Gasteiger partial charge is 0.305 e. The third-order valence-corrected chi connectivity index (χ3v) is 21.3. The summed E-state index contributed by atoms with van der Waals surface area (Å²) < 4.78 is 5.52. The van der Waals surface area contributed by atoms with Gasteiger partial charge in [0, 0.05) is 12.8 Å². The zero-order chi connectivity index (χ0) is 68.4. The predicted molar refractivity (Wildman–Crippen MR) is 421 cm³/mol. The Hall–Kier alpha value is -1.40. The highest BCUT2D eigenvalue weighted by molar-refractivity contribution is 5.76. The van der Waals surface area contributed by atoms with E-state index in [1.165, 1.54) is 449 Å². The van der Waals surface area contributed by atoms with Crippen molar-refractivity contribution in [1.29, 1.82) is 0 Å². The minimum absolute atomic E-state index is 0.0240. The lowest BCUT2D eigenvalue weighted by atomic mass is 10.0. The molecule has 1 amide bonds. The van der Waals surface area contributed by atoms with Gasteiger partial charge in [-0.15, -0.1) is 0 Å². The molecule has 3 N–H and O–H groups in total. The second-order valence-electron chi connectivity index (χ2n) is 30.9. The maximum Gasteiger partial charge on any atom is 0.305 e. The molecule has 0 aliphatic heterocycles. The molecule has 0 saturated heterocycles. The molecule has 6 heteroatoms. The first-order chi connectivity index (χ1) is 47.0. The topological polar surface area (TPSA) is 95.9 Å². The third kappa shape index (κ3) is 81.5. The Morgan fingerprint density at radius 1 is 0.284 bits per heavy atom. The molecule has 0 spiro atoms. The number of hydrogen-bond acceptors (Lipinski definition) is 5. The summed E-state index contributed by atoms with van der Waals surface area (Å²) in [6, 6.07) is -0.539. The van der Waals surface area contributed by atoms with Crippen LogP contribution in [0.15, 0.2) is 12.2 Å². The molecule has 2 unspecified atom stereocenters. The van der Waals surface area contributed by atoms with Crippen LogP contribution in [0.3, 0.4) is 0 Å². The van der Waals surface area contributed by atoms with Gasteiger partial charge < -0.3 is 20.3 Å². The fourth-order valence-electron chi connectivity index (χ4n) is 14.6. The highest BCUT2D eigenvalue weighted by atomic mass is 16.5. The number of allylic oxidation sites excluding steroid dienone is 2. The average molecular weight is 1340 g/mol. The minimum atomic E-state index is -0.662. The van der Waals surface area contributed by atoms with Gasteiger partial charge in [0.2, 0.25) is 5.91 Å². The molecule has 0 fully saturated rings. The van der Waals surface area contributed by atoms with Gasteiger partial charge in [-0.2, -0.15) is 0 Å². The number of aliphatic hydroxyl groups is 2. The summed E-state index contributed by atoms with van der Waals surface area (Å²) in [7, 11) is 0. The van der Waals surface area contributed by atoms with Gasteiger partial charge in [-0.25, -0.2) is 0 Å². The molecule has 0 aromatic heterocycles. The fraction of sp³-hybridized carbons (Fsp3) is 0.955. The van der Waals surface area contributed by atoms with E-state index in [-0.39, 0.29) is 18.5 Å². The van der Waals surface area contributed by atoms with Crippen molar-refractivity contribution in [3.63, 3.8) is 0 Å². The molecular weight excluding hydrogens is 1160 g/mol. The lowest BCUT2D eigenvalue weighted by Gasteiger charge is -2.22.